The van der Waals surface area contributed by atoms with Crippen LogP contribution in [0, 0.1) is 0 Å². The van der Waals surface area contributed by atoms with E-state index < -0.39 is 11.8 Å². The zero-order chi connectivity index (χ0) is 5.15. The van der Waals surface area contributed by atoms with Crippen molar-refractivity contribution in [2.75, 3.05) is 0 Å². The van der Waals surface area contributed by atoms with Crippen LogP contribution < -0.4 is 0 Å². The van der Waals surface area contributed by atoms with Crippen LogP contribution >= 0.6 is 0 Å². The summed E-state index contributed by atoms with van der Waals surface area (Å²) in [5, 5.41) is 7.64. The van der Waals surface area contributed by atoms with Crippen molar-refractivity contribution in [3.8, 4) is 0 Å². The standard InChI is InChI=1S/C3H4O3.Pb.2H/c1-2(4)3(5)6;;;/h1H3,(H,5,6);;;. The Morgan fingerprint density at radius 3 is 1.57 bits per heavy atom. The van der Waals surface area contributed by atoms with Crippen LogP contribution in [0.1, 0.15) is 6.92 Å². The SMILES string of the molecule is CC(=O)C(=O)O.[PbH2]. The fourth-order valence-electron chi connectivity index (χ4n) is 0. The molecule has 0 saturated heterocycles. The van der Waals surface area contributed by atoms with E-state index in [9.17, 15) is 9.59 Å². The summed E-state index contributed by atoms with van der Waals surface area (Å²) >= 11 is 0. The zero-order valence-electron chi connectivity index (χ0n) is 3.97. The second kappa shape index (κ2) is 4.23. The van der Waals surface area contributed by atoms with Crippen molar-refractivity contribution < 1.29 is 14.7 Å². The third-order valence-electron chi connectivity index (χ3n) is 0.301. The van der Waals surface area contributed by atoms with E-state index in [0.29, 0.717) is 0 Å². The number of Topliss-reactive ketones (excluding diaryl/α,β-unsaturated/α-hetero) is 1. The summed E-state index contributed by atoms with van der Waals surface area (Å²) in [4.78, 5) is 18.9. The first-order chi connectivity index (χ1) is 2.64. The molecule has 4 heteroatoms. The molecule has 0 aromatic rings. The normalized spacial score (nSPS) is 6.43. The van der Waals surface area contributed by atoms with Gasteiger partial charge in [-0.3, -0.25) is 4.79 Å². The minimum atomic E-state index is -1.38. The molecule has 2 radical (unpaired) electrons. The second-order valence-electron chi connectivity index (χ2n) is 0.861. The minimum absolute atomic E-state index is 0. The third kappa shape index (κ3) is 6.06. The van der Waals surface area contributed by atoms with Gasteiger partial charge in [0.05, 0.1) is 0 Å². The van der Waals surface area contributed by atoms with Crippen LogP contribution in [0.2, 0.25) is 0 Å². The van der Waals surface area contributed by atoms with Gasteiger partial charge in [0.1, 0.15) is 0 Å². The molecule has 0 aromatic carbocycles. The summed E-state index contributed by atoms with van der Waals surface area (Å²) < 4.78 is 0. The van der Waals surface area contributed by atoms with Crippen molar-refractivity contribution in [3.05, 3.63) is 0 Å². The molecule has 40 valence electrons. The molecule has 0 spiro atoms. The van der Waals surface area contributed by atoms with Crippen molar-refractivity contribution in [1.82, 2.24) is 0 Å². The Morgan fingerprint density at radius 2 is 1.57 bits per heavy atom. The number of carboxylic acids is 1. The molecule has 0 rings (SSSR count). The molecule has 0 aromatic heterocycles. The Hall–Kier alpha value is 0.0621. The van der Waals surface area contributed by atoms with Gasteiger partial charge in [0.2, 0.25) is 5.78 Å². The first kappa shape index (κ1) is 10.1. The van der Waals surface area contributed by atoms with Crippen molar-refractivity contribution in [3.63, 3.8) is 0 Å². The Labute approximate surface area is 60.9 Å². The molecule has 0 aliphatic heterocycles. The molecular formula is C3H6O3Pb. The first-order valence-electron chi connectivity index (χ1n) is 1.38. The first-order valence-corrected chi connectivity index (χ1v) is 1.38. The molecule has 0 atom stereocenters. The topological polar surface area (TPSA) is 54.4 Å². The molecule has 0 aliphatic rings. The van der Waals surface area contributed by atoms with Crippen LogP contribution in [-0.4, -0.2) is 44.2 Å². The predicted molar refractivity (Wildman–Crippen MR) is 26.9 cm³/mol. The van der Waals surface area contributed by atoms with Crippen LogP contribution in [-0.2, 0) is 9.59 Å². The summed E-state index contributed by atoms with van der Waals surface area (Å²) in [7, 11) is 0. The molecule has 0 aliphatic carbocycles. The number of carbonyl (C=O) groups excluding carboxylic acids is 1. The molecule has 0 amide bonds. The molecule has 7 heavy (non-hydrogen) atoms. The third-order valence-corrected chi connectivity index (χ3v) is 0.301. The van der Waals surface area contributed by atoms with E-state index in [2.05, 4.69) is 0 Å². The van der Waals surface area contributed by atoms with Gasteiger partial charge in [-0.05, 0) is 0 Å². The van der Waals surface area contributed by atoms with E-state index in [1.54, 1.807) is 0 Å². The van der Waals surface area contributed by atoms with Gasteiger partial charge in [0.25, 0.3) is 0 Å². The Kier molecular flexibility index (Phi) is 6.12. The Balaban J connectivity index is 0. The average Bonchev–Trinajstić information content (AvgIpc) is 1.36. The van der Waals surface area contributed by atoms with E-state index in [-0.39, 0.29) is 27.3 Å². The van der Waals surface area contributed by atoms with E-state index in [4.69, 9.17) is 5.11 Å². The summed E-state index contributed by atoms with van der Waals surface area (Å²) in [6.45, 7) is 1.00. The number of hydrogen-bond donors (Lipinski definition) is 1. The zero-order valence-corrected chi connectivity index (χ0v) is 9.47. The van der Waals surface area contributed by atoms with Gasteiger partial charge in [0, 0.05) is 6.92 Å². The molecule has 0 bridgehead atoms. The average molecular weight is 297 g/mol. The van der Waals surface area contributed by atoms with Gasteiger partial charge in [0.15, 0.2) is 0 Å². The van der Waals surface area contributed by atoms with Crippen LogP contribution in [0.5, 0.6) is 0 Å². The van der Waals surface area contributed by atoms with Crippen LogP contribution in [0.15, 0.2) is 0 Å². The summed E-state index contributed by atoms with van der Waals surface area (Å²) in [6.07, 6.45) is 0. The fraction of sp³-hybridized carbons (Fsp3) is 0.333. The van der Waals surface area contributed by atoms with Gasteiger partial charge >= 0.3 is 33.3 Å². The summed E-state index contributed by atoms with van der Waals surface area (Å²) in [5.41, 5.74) is 0. The molecule has 0 saturated carbocycles. The van der Waals surface area contributed by atoms with E-state index in [0.717, 1.165) is 6.92 Å². The number of rotatable bonds is 1. The van der Waals surface area contributed by atoms with E-state index in [1.165, 1.54) is 0 Å². The van der Waals surface area contributed by atoms with Crippen LogP contribution in [0.3, 0.4) is 0 Å². The maximum atomic E-state index is 9.54. The van der Waals surface area contributed by atoms with Gasteiger partial charge in [-0.1, -0.05) is 0 Å². The van der Waals surface area contributed by atoms with Crippen molar-refractivity contribution >= 4 is 39.1 Å². The molecule has 0 heterocycles. The van der Waals surface area contributed by atoms with Crippen molar-refractivity contribution in [1.29, 1.82) is 0 Å². The Morgan fingerprint density at radius 1 is 1.43 bits per heavy atom. The quantitative estimate of drug-likeness (QED) is 0.486. The number of aliphatic carboxylic acids is 1. The maximum absolute atomic E-state index is 9.54. The van der Waals surface area contributed by atoms with Crippen LogP contribution in [0.25, 0.3) is 0 Å². The van der Waals surface area contributed by atoms with Gasteiger partial charge < -0.3 is 5.11 Å². The second-order valence-corrected chi connectivity index (χ2v) is 0.861. The van der Waals surface area contributed by atoms with E-state index in [1.807, 2.05) is 0 Å². The monoisotopic (exact) mass is 298 g/mol. The van der Waals surface area contributed by atoms with E-state index >= 15 is 0 Å². The van der Waals surface area contributed by atoms with Gasteiger partial charge in [-0.2, -0.15) is 0 Å². The fourth-order valence-corrected chi connectivity index (χ4v) is 0. The summed E-state index contributed by atoms with van der Waals surface area (Å²) in [5.74, 6) is -2.20. The van der Waals surface area contributed by atoms with Crippen LogP contribution in [0.4, 0.5) is 0 Å². The Bertz CT molecular complexity index is 76.2. The number of ketones is 1. The molecule has 3 nitrogen and oxygen atoms in total. The van der Waals surface area contributed by atoms with Crippen molar-refractivity contribution in [2.45, 2.75) is 6.92 Å². The predicted octanol–water partition coefficient (Wildman–Crippen LogP) is -1.26. The molecule has 0 unspecified atom stereocenters. The number of carbonyl (C=O) groups is 2. The molecular weight excluding hydrogens is 291 g/mol. The molecule has 1 N–H and O–H groups in total. The van der Waals surface area contributed by atoms with Gasteiger partial charge in [-0.25, -0.2) is 4.79 Å². The number of hydrogen-bond acceptors (Lipinski definition) is 2. The molecule has 0 fully saturated rings. The number of carboxylic acid groups (broad SMARTS) is 1. The summed E-state index contributed by atoms with van der Waals surface area (Å²) in [6, 6.07) is 0. The van der Waals surface area contributed by atoms with Gasteiger partial charge in [-0.15, -0.1) is 0 Å². The van der Waals surface area contributed by atoms with Crippen molar-refractivity contribution in [2.24, 2.45) is 0 Å².